The van der Waals surface area contributed by atoms with E-state index in [4.69, 9.17) is 0 Å². The molecule has 0 aromatic heterocycles. The molecule has 1 aromatic rings. The van der Waals surface area contributed by atoms with Gasteiger partial charge in [0.1, 0.15) is 18.4 Å². The number of nitrogens with one attached hydrogen (secondary N) is 1. The Labute approximate surface area is 139 Å². The third-order valence-corrected chi connectivity index (χ3v) is 4.40. The largest absolute Gasteiger partial charge is 0.340 e. The molecule has 0 radical (unpaired) electrons. The summed E-state index contributed by atoms with van der Waals surface area (Å²) in [7, 11) is 0. The van der Waals surface area contributed by atoms with E-state index < -0.39 is 18.0 Å². The molecule has 2 fully saturated rings. The zero-order chi connectivity index (χ0) is 17.1. The summed E-state index contributed by atoms with van der Waals surface area (Å²) in [5.41, 5.74) is 0.448. The van der Waals surface area contributed by atoms with Gasteiger partial charge in [-0.2, -0.15) is 0 Å². The van der Waals surface area contributed by atoms with Crippen molar-refractivity contribution in [3.05, 3.63) is 35.9 Å². The third kappa shape index (κ3) is 3.02. The van der Waals surface area contributed by atoms with E-state index in [0.29, 0.717) is 31.2 Å². The van der Waals surface area contributed by atoms with Crippen molar-refractivity contribution in [1.82, 2.24) is 15.3 Å². The molecule has 2 aliphatic rings. The summed E-state index contributed by atoms with van der Waals surface area (Å²) in [5.74, 6) is -0.956. The van der Waals surface area contributed by atoms with Crippen LogP contribution in [0.3, 0.4) is 0 Å². The van der Waals surface area contributed by atoms with Crippen LogP contribution in [0.2, 0.25) is 0 Å². The number of benzene rings is 1. The van der Waals surface area contributed by atoms with Crippen molar-refractivity contribution < 1.29 is 19.2 Å². The van der Waals surface area contributed by atoms with E-state index >= 15 is 0 Å². The Morgan fingerprint density at radius 1 is 1.17 bits per heavy atom. The standard InChI is InChI=1S/C17H19N3O4/c21-11-13-7-4-10-19-15(22)9-8-14(17(24)20(13)19)18-16(23)12-5-2-1-3-6-12/h1-3,5-6,11,13-14H,4,7-10H2,(H,18,23)/t13-,14-/m0/s1. The summed E-state index contributed by atoms with van der Waals surface area (Å²) < 4.78 is 0. The van der Waals surface area contributed by atoms with Crippen molar-refractivity contribution in [2.45, 2.75) is 37.8 Å². The summed E-state index contributed by atoms with van der Waals surface area (Å²) >= 11 is 0. The molecule has 0 spiro atoms. The first-order valence-corrected chi connectivity index (χ1v) is 8.06. The van der Waals surface area contributed by atoms with E-state index in [9.17, 15) is 19.2 Å². The summed E-state index contributed by atoms with van der Waals surface area (Å²) in [5, 5.41) is 5.30. The van der Waals surface area contributed by atoms with Crippen LogP contribution in [-0.2, 0) is 14.4 Å². The number of aldehydes is 1. The van der Waals surface area contributed by atoms with Crippen LogP contribution in [-0.4, -0.2) is 52.7 Å². The molecular weight excluding hydrogens is 310 g/mol. The predicted octanol–water partition coefficient (Wildman–Crippen LogP) is 0.512. The highest BCUT2D eigenvalue weighted by Crippen LogP contribution is 2.23. The highest BCUT2D eigenvalue weighted by molar-refractivity contribution is 5.98. The molecule has 2 aliphatic heterocycles. The Morgan fingerprint density at radius 2 is 1.92 bits per heavy atom. The highest BCUT2D eigenvalue weighted by Gasteiger charge is 2.41. The molecule has 7 nitrogen and oxygen atoms in total. The van der Waals surface area contributed by atoms with Gasteiger partial charge < -0.3 is 10.1 Å². The average molecular weight is 329 g/mol. The SMILES string of the molecule is O=C[C@@H]1CCCN2C(=O)CC[C@H](NC(=O)c3ccccc3)C(=O)N12. The number of hydrogen-bond acceptors (Lipinski definition) is 4. The molecule has 1 N–H and O–H groups in total. The molecule has 2 heterocycles. The van der Waals surface area contributed by atoms with E-state index in [-0.39, 0.29) is 24.7 Å². The van der Waals surface area contributed by atoms with E-state index in [2.05, 4.69) is 5.32 Å². The summed E-state index contributed by atoms with van der Waals surface area (Å²) in [6.45, 7) is 0.425. The van der Waals surface area contributed by atoms with Gasteiger partial charge in [0, 0.05) is 18.5 Å². The smallest absolute Gasteiger partial charge is 0.264 e. The van der Waals surface area contributed by atoms with Crippen LogP contribution < -0.4 is 5.32 Å². The number of amides is 3. The minimum atomic E-state index is -0.813. The van der Waals surface area contributed by atoms with E-state index in [1.165, 1.54) is 10.0 Å². The molecule has 3 rings (SSSR count). The fraction of sp³-hybridized carbons (Fsp3) is 0.412. The predicted molar refractivity (Wildman–Crippen MR) is 84.6 cm³/mol. The van der Waals surface area contributed by atoms with Crippen molar-refractivity contribution in [3.63, 3.8) is 0 Å². The molecule has 126 valence electrons. The van der Waals surface area contributed by atoms with Gasteiger partial charge in [0.05, 0.1) is 0 Å². The molecule has 3 amide bonds. The number of fused-ring (bicyclic) bond motifs is 1. The molecule has 24 heavy (non-hydrogen) atoms. The summed E-state index contributed by atoms with van der Waals surface area (Å²) in [6, 6.07) is 7.12. The van der Waals surface area contributed by atoms with E-state index in [0.717, 1.165) is 0 Å². The van der Waals surface area contributed by atoms with Crippen molar-refractivity contribution >= 4 is 24.0 Å². The molecule has 0 bridgehead atoms. The zero-order valence-corrected chi connectivity index (χ0v) is 13.2. The highest BCUT2D eigenvalue weighted by atomic mass is 16.2. The first-order chi connectivity index (χ1) is 11.6. The van der Waals surface area contributed by atoms with Gasteiger partial charge in [0.2, 0.25) is 5.91 Å². The Hall–Kier alpha value is -2.70. The van der Waals surface area contributed by atoms with E-state index in [1.54, 1.807) is 30.3 Å². The molecule has 0 aliphatic carbocycles. The Morgan fingerprint density at radius 3 is 2.62 bits per heavy atom. The second-order valence-electron chi connectivity index (χ2n) is 5.98. The van der Waals surface area contributed by atoms with Crippen LogP contribution in [0.15, 0.2) is 30.3 Å². The van der Waals surface area contributed by atoms with Gasteiger partial charge in [-0.15, -0.1) is 0 Å². The first kappa shape index (κ1) is 16.2. The number of hydrogen-bond donors (Lipinski definition) is 1. The number of hydrazine groups is 1. The van der Waals surface area contributed by atoms with Crippen LogP contribution in [0, 0.1) is 0 Å². The maximum Gasteiger partial charge on any atom is 0.264 e. The maximum atomic E-state index is 12.8. The monoisotopic (exact) mass is 329 g/mol. The molecule has 1 aromatic carbocycles. The van der Waals surface area contributed by atoms with Crippen LogP contribution in [0.25, 0.3) is 0 Å². The van der Waals surface area contributed by atoms with Gasteiger partial charge in [0.15, 0.2) is 0 Å². The second kappa shape index (κ2) is 6.82. The normalized spacial score (nSPS) is 24.2. The van der Waals surface area contributed by atoms with Crippen LogP contribution in [0.1, 0.15) is 36.0 Å². The molecule has 2 atom stereocenters. The van der Waals surface area contributed by atoms with Gasteiger partial charge in [-0.05, 0) is 31.4 Å². The summed E-state index contributed by atoms with van der Waals surface area (Å²) in [4.78, 5) is 48.7. The Bertz CT molecular complexity index is 661. The first-order valence-electron chi connectivity index (χ1n) is 8.06. The average Bonchev–Trinajstić information content (AvgIpc) is 2.74. The fourth-order valence-corrected chi connectivity index (χ4v) is 3.16. The summed E-state index contributed by atoms with van der Waals surface area (Å²) in [6.07, 6.45) is 2.29. The van der Waals surface area contributed by atoms with E-state index in [1.807, 2.05) is 0 Å². The maximum absolute atomic E-state index is 12.8. The molecule has 0 saturated carbocycles. The quantitative estimate of drug-likeness (QED) is 0.819. The molecular formula is C17H19N3O4. The number of rotatable bonds is 3. The van der Waals surface area contributed by atoms with Crippen molar-refractivity contribution in [1.29, 1.82) is 0 Å². The number of carbonyl (C=O) groups is 4. The second-order valence-corrected chi connectivity index (χ2v) is 5.98. The van der Waals surface area contributed by atoms with Crippen LogP contribution in [0.5, 0.6) is 0 Å². The third-order valence-electron chi connectivity index (χ3n) is 4.40. The zero-order valence-electron chi connectivity index (χ0n) is 13.2. The number of nitrogens with zero attached hydrogens (tertiary/aromatic N) is 2. The lowest BCUT2D eigenvalue weighted by molar-refractivity contribution is -0.173. The lowest BCUT2D eigenvalue weighted by atomic mass is 10.1. The minimum absolute atomic E-state index is 0.160. The van der Waals surface area contributed by atoms with Crippen molar-refractivity contribution in [2.75, 3.05) is 6.54 Å². The Kier molecular flexibility index (Phi) is 4.59. The minimum Gasteiger partial charge on any atom is -0.340 e. The van der Waals surface area contributed by atoms with Gasteiger partial charge >= 0.3 is 0 Å². The van der Waals surface area contributed by atoms with Crippen molar-refractivity contribution in [3.8, 4) is 0 Å². The van der Waals surface area contributed by atoms with Gasteiger partial charge in [0.25, 0.3) is 11.8 Å². The van der Waals surface area contributed by atoms with Crippen LogP contribution in [0.4, 0.5) is 0 Å². The molecule has 0 unspecified atom stereocenters. The molecule has 2 saturated heterocycles. The Balaban J connectivity index is 1.81. The lowest BCUT2D eigenvalue weighted by Crippen LogP contribution is -2.60. The van der Waals surface area contributed by atoms with Gasteiger partial charge in [-0.25, -0.2) is 5.01 Å². The van der Waals surface area contributed by atoms with Gasteiger partial charge in [-0.3, -0.25) is 19.4 Å². The van der Waals surface area contributed by atoms with Crippen LogP contribution >= 0.6 is 0 Å². The fourth-order valence-electron chi connectivity index (χ4n) is 3.16. The van der Waals surface area contributed by atoms with Gasteiger partial charge in [-0.1, -0.05) is 18.2 Å². The topological polar surface area (TPSA) is 86.8 Å². The van der Waals surface area contributed by atoms with Crippen molar-refractivity contribution in [2.24, 2.45) is 0 Å². The lowest BCUT2D eigenvalue weighted by Gasteiger charge is -2.41. The number of carbonyl (C=O) groups excluding carboxylic acids is 4. The molecule has 7 heteroatoms.